The summed E-state index contributed by atoms with van der Waals surface area (Å²) >= 11 is 0. The van der Waals surface area contributed by atoms with Crippen LogP contribution in [0.15, 0.2) is 71.6 Å². The molecule has 0 bridgehead atoms. The number of benzene rings is 3. The number of ether oxygens (including phenoxy) is 3. The molecule has 0 radical (unpaired) electrons. The van der Waals surface area contributed by atoms with E-state index in [9.17, 15) is 18.3 Å². The minimum atomic E-state index is -4.00. The molecule has 0 saturated carbocycles. The summed E-state index contributed by atoms with van der Waals surface area (Å²) in [6.45, 7) is 1.67. The Balaban J connectivity index is 1.49. The third kappa shape index (κ3) is 5.27. The molecule has 8 nitrogen and oxygen atoms in total. The van der Waals surface area contributed by atoms with E-state index in [4.69, 9.17) is 18.4 Å². The molecule has 9 heteroatoms. The van der Waals surface area contributed by atoms with Gasteiger partial charge in [-0.1, -0.05) is 48.0 Å². The Labute approximate surface area is 191 Å². The van der Waals surface area contributed by atoms with Crippen LogP contribution in [0, 0.1) is 6.92 Å². The lowest BCUT2D eigenvalue weighted by Gasteiger charge is -2.28. The summed E-state index contributed by atoms with van der Waals surface area (Å²) in [4.78, 5) is 12.0. The molecule has 1 aliphatic heterocycles. The number of carbonyl (C=O) groups is 1. The van der Waals surface area contributed by atoms with Gasteiger partial charge in [0, 0.05) is 0 Å². The molecule has 0 amide bonds. The van der Waals surface area contributed by atoms with Gasteiger partial charge >= 0.3 is 5.97 Å². The second kappa shape index (κ2) is 9.51. The van der Waals surface area contributed by atoms with Gasteiger partial charge in [-0.15, -0.1) is 0 Å². The number of carboxylic acids is 1. The zero-order chi connectivity index (χ0) is 23.4. The van der Waals surface area contributed by atoms with Crippen molar-refractivity contribution < 1.29 is 36.7 Å². The van der Waals surface area contributed by atoms with Gasteiger partial charge in [0.1, 0.15) is 31.1 Å². The highest BCUT2D eigenvalue weighted by Crippen LogP contribution is 2.41. The van der Waals surface area contributed by atoms with Crippen LogP contribution in [0.5, 0.6) is 17.2 Å². The van der Waals surface area contributed by atoms with E-state index in [1.54, 1.807) is 18.2 Å². The second-order valence-corrected chi connectivity index (χ2v) is 9.06. The Kier molecular flexibility index (Phi) is 6.52. The smallest absolute Gasteiger partial charge is 0.343 e. The quantitative estimate of drug-likeness (QED) is 0.495. The van der Waals surface area contributed by atoms with E-state index in [0.29, 0.717) is 0 Å². The minimum Gasteiger partial charge on any atom is -0.488 e. The number of aryl methyl sites for hydroxylation is 1. The van der Waals surface area contributed by atoms with Gasteiger partial charge < -0.3 is 19.3 Å². The van der Waals surface area contributed by atoms with Gasteiger partial charge in [-0.2, -0.15) is 8.42 Å². The molecule has 4 rings (SSSR count). The first-order valence-corrected chi connectivity index (χ1v) is 11.6. The van der Waals surface area contributed by atoms with Crippen LogP contribution in [-0.4, -0.2) is 38.8 Å². The zero-order valence-electron chi connectivity index (χ0n) is 17.8. The highest BCUT2D eigenvalue weighted by molar-refractivity contribution is 7.86. The van der Waals surface area contributed by atoms with E-state index in [1.807, 2.05) is 37.3 Å². The molecule has 1 aliphatic rings. The number of fused-ring (bicyclic) bond motifs is 1. The van der Waals surface area contributed by atoms with E-state index in [-0.39, 0.29) is 47.5 Å². The Morgan fingerprint density at radius 3 is 2.48 bits per heavy atom. The Morgan fingerprint density at radius 2 is 1.79 bits per heavy atom. The van der Waals surface area contributed by atoms with E-state index in [1.165, 1.54) is 18.2 Å². The molecule has 1 atom stereocenters. The maximum Gasteiger partial charge on any atom is 0.343 e. The molecule has 1 unspecified atom stereocenters. The average Bonchev–Trinajstić information content (AvgIpc) is 2.81. The van der Waals surface area contributed by atoms with Gasteiger partial charge in [-0.3, -0.25) is 4.18 Å². The molecule has 1 N–H and O–H groups in total. The van der Waals surface area contributed by atoms with E-state index in [0.717, 1.165) is 11.1 Å². The Morgan fingerprint density at radius 1 is 1.06 bits per heavy atom. The molecule has 172 valence electrons. The van der Waals surface area contributed by atoms with Crippen LogP contribution in [0.2, 0.25) is 0 Å². The summed E-state index contributed by atoms with van der Waals surface area (Å²) in [5, 5.41) is 9.79. The summed E-state index contributed by atoms with van der Waals surface area (Å²) in [7, 11) is -4.00. The molecule has 0 spiro atoms. The van der Waals surface area contributed by atoms with Gasteiger partial charge in [0.15, 0.2) is 17.6 Å². The maximum atomic E-state index is 12.4. The van der Waals surface area contributed by atoms with Crippen molar-refractivity contribution in [2.45, 2.75) is 24.5 Å². The van der Waals surface area contributed by atoms with Crippen LogP contribution in [0.25, 0.3) is 0 Å². The van der Waals surface area contributed by atoms with Gasteiger partial charge in [-0.05, 0) is 36.8 Å². The first kappa shape index (κ1) is 22.6. The van der Waals surface area contributed by atoms with Crippen molar-refractivity contribution in [1.29, 1.82) is 0 Å². The fourth-order valence-corrected chi connectivity index (χ4v) is 4.17. The number of hydrogen-bond donors (Lipinski definition) is 1. The van der Waals surface area contributed by atoms with E-state index < -0.39 is 22.2 Å². The number of carboxylic acid groups (broad SMARTS) is 1. The average molecular weight is 470 g/mol. The lowest BCUT2D eigenvalue weighted by molar-refractivity contribution is 0.0496. The minimum absolute atomic E-state index is 0.000302. The lowest BCUT2D eigenvalue weighted by Crippen LogP contribution is -2.35. The maximum absolute atomic E-state index is 12.4. The largest absolute Gasteiger partial charge is 0.488 e. The summed E-state index contributed by atoms with van der Waals surface area (Å²) in [6, 6.07) is 18.6. The third-order valence-corrected chi connectivity index (χ3v) is 6.26. The van der Waals surface area contributed by atoms with Gasteiger partial charge in [0.25, 0.3) is 10.1 Å². The molecule has 33 heavy (non-hydrogen) atoms. The first-order valence-electron chi connectivity index (χ1n) is 10.2. The van der Waals surface area contributed by atoms with Crippen LogP contribution in [0.4, 0.5) is 0 Å². The van der Waals surface area contributed by atoms with Crippen LogP contribution in [0.3, 0.4) is 0 Å². The molecule has 0 aromatic heterocycles. The third-order valence-electron chi connectivity index (χ3n) is 4.96. The number of hydrogen-bond acceptors (Lipinski definition) is 7. The monoisotopic (exact) mass is 470 g/mol. The van der Waals surface area contributed by atoms with Crippen LogP contribution < -0.4 is 14.2 Å². The first-order chi connectivity index (χ1) is 15.8. The fourth-order valence-electron chi connectivity index (χ4n) is 3.24. The second-order valence-electron chi connectivity index (χ2n) is 7.45. The summed E-state index contributed by atoms with van der Waals surface area (Å²) in [6.07, 6.45) is -0.833. The van der Waals surface area contributed by atoms with Crippen LogP contribution >= 0.6 is 0 Å². The number of aromatic carboxylic acids is 1. The molecular formula is C24H22O8S. The summed E-state index contributed by atoms with van der Waals surface area (Å²) < 4.78 is 47.2. The predicted octanol–water partition coefficient (Wildman–Crippen LogP) is 3.82. The zero-order valence-corrected chi connectivity index (χ0v) is 18.6. The Bertz CT molecular complexity index is 1240. The van der Waals surface area contributed by atoms with Gasteiger partial charge in [-0.25, -0.2) is 4.79 Å². The standard InChI is InChI=1S/C24H22O8S/c1-16-7-9-19(10-8-16)33(27,28)31-15-18-14-30-21-12-11-20(22(24(25)26)23(21)32-18)29-13-17-5-3-2-4-6-17/h2-12,18H,13-15H2,1H3,(H,25,26). The predicted molar refractivity (Wildman–Crippen MR) is 118 cm³/mol. The molecule has 3 aromatic carbocycles. The molecular weight excluding hydrogens is 448 g/mol. The van der Waals surface area contributed by atoms with Crippen LogP contribution in [0.1, 0.15) is 21.5 Å². The van der Waals surface area contributed by atoms with Crippen molar-refractivity contribution >= 4 is 16.1 Å². The lowest BCUT2D eigenvalue weighted by atomic mass is 10.1. The van der Waals surface area contributed by atoms with Gasteiger partial charge in [0.05, 0.1) is 4.90 Å². The van der Waals surface area contributed by atoms with Crippen molar-refractivity contribution in [2.75, 3.05) is 13.2 Å². The molecule has 1 heterocycles. The normalized spacial score (nSPS) is 15.1. The highest BCUT2D eigenvalue weighted by atomic mass is 32.2. The number of rotatable bonds is 8. The van der Waals surface area contributed by atoms with Crippen molar-refractivity contribution in [3.05, 3.63) is 83.4 Å². The van der Waals surface area contributed by atoms with Crippen molar-refractivity contribution in [2.24, 2.45) is 0 Å². The molecule has 0 fully saturated rings. The highest BCUT2D eigenvalue weighted by Gasteiger charge is 2.31. The summed E-state index contributed by atoms with van der Waals surface area (Å²) in [5.41, 5.74) is 1.59. The van der Waals surface area contributed by atoms with E-state index in [2.05, 4.69) is 0 Å². The topological polar surface area (TPSA) is 108 Å². The SMILES string of the molecule is Cc1ccc(S(=O)(=O)OCC2COc3ccc(OCc4ccccc4)c(C(=O)O)c3O2)cc1. The molecule has 0 aliphatic carbocycles. The molecule has 3 aromatic rings. The Hall–Kier alpha value is -3.56. The van der Waals surface area contributed by atoms with Crippen LogP contribution in [-0.2, 0) is 20.9 Å². The summed E-state index contributed by atoms with van der Waals surface area (Å²) in [5.74, 6) is -0.937. The van der Waals surface area contributed by atoms with Gasteiger partial charge in [0.2, 0.25) is 0 Å². The van der Waals surface area contributed by atoms with E-state index >= 15 is 0 Å². The van der Waals surface area contributed by atoms with Crippen molar-refractivity contribution in [1.82, 2.24) is 0 Å². The van der Waals surface area contributed by atoms with Crippen molar-refractivity contribution in [3.63, 3.8) is 0 Å². The fraction of sp³-hybridized carbons (Fsp3) is 0.208. The van der Waals surface area contributed by atoms with Crippen molar-refractivity contribution in [3.8, 4) is 17.2 Å². The molecule has 0 saturated heterocycles.